The van der Waals surface area contributed by atoms with Crippen molar-refractivity contribution in [1.29, 1.82) is 0 Å². The number of ether oxygens (including phenoxy) is 1. The van der Waals surface area contributed by atoms with Crippen molar-refractivity contribution in [1.82, 2.24) is 14.8 Å². The van der Waals surface area contributed by atoms with Crippen LogP contribution in [0, 0.1) is 11.8 Å². The van der Waals surface area contributed by atoms with Crippen molar-refractivity contribution in [2.24, 2.45) is 11.8 Å². The van der Waals surface area contributed by atoms with Crippen molar-refractivity contribution < 1.29 is 14.6 Å². The van der Waals surface area contributed by atoms with E-state index in [1.807, 2.05) is 30.3 Å². The van der Waals surface area contributed by atoms with E-state index in [0.29, 0.717) is 35.6 Å². The lowest BCUT2D eigenvalue weighted by atomic mass is 9.82. The largest absolute Gasteiger partial charge is 0.480 e. The number of aromatic nitrogens is 3. The van der Waals surface area contributed by atoms with Crippen molar-refractivity contribution in [2.75, 3.05) is 13.2 Å². The quantitative estimate of drug-likeness (QED) is 0.523. The highest BCUT2D eigenvalue weighted by Gasteiger charge is 2.23. The van der Waals surface area contributed by atoms with Gasteiger partial charge in [-0.05, 0) is 43.6 Å². The number of hydrogen-bond donors (Lipinski definition) is 1. The first kappa shape index (κ1) is 23.1. The summed E-state index contributed by atoms with van der Waals surface area (Å²) in [5.74, 6) is -0.239. The molecule has 0 bridgehead atoms. The van der Waals surface area contributed by atoms with E-state index < -0.39 is 5.97 Å². The fourth-order valence-electron chi connectivity index (χ4n) is 4.35. The van der Waals surface area contributed by atoms with Gasteiger partial charge in [-0.1, -0.05) is 41.9 Å². The minimum Gasteiger partial charge on any atom is -0.480 e. The van der Waals surface area contributed by atoms with Crippen molar-refractivity contribution in [3.63, 3.8) is 0 Å². The molecule has 1 aromatic carbocycles. The summed E-state index contributed by atoms with van der Waals surface area (Å²) in [6.45, 7) is 0.767. The summed E-state index contributed by atoms with van der Waals surface area (Å²) in [6.07, 6.45) is 7.07. The normalized spacial score (nSPS) is 18.2. The number of aliphatic carboxylic acids is 1. The molecule has 1 aliphatic rings. The summed E-state index contributed by atoms with van der Waals surface area (Å²) in [6, 6.07) is 13.2. The molecule has 7 nitrogen and oxygen atoms in total. The van der Waals surface area contributed by atoms with E-state index in [-0.39, 0.29) is 12.2 Å². The van der Waals surface area contributed by atoms with Crippen LogP contribution in [0.4, 0.5) is 0 Å². The SMILES string of the molecule is O=C(O)COCC1CCC(Cn2nc(-c3ccccc3)c(-c3cncc(Cl)c3)cc2=O)CC1. The van der Waals surface area contributed by atoms with Gasteiger partial charge >= 0.3 is 5.97 Å². The summed E-state index contributed by atoms with van der Waals surface area (Å²) >= 11 is 6.15. The van der Waals surface area contributed by atoms with Crippen molar-refractivity contribution in [3.8, 4) is 22.4 Å². The van der Waals surface area contributed by atoms with Gasteiger partial charge < -0.3 is 9.84 Å². The van der Waals surface area contributed by atoms with E-state index >= 15 is 0 Å². The first-order chi connectivity index (χ1) is 16.0. The molecule has 2 heterocycles. The summed E-state index contributed by atoms with van der Waals surface area (Å²) in [5.41, 5.74) is 2.93. The number of pyridine rings is 1. The molecule has 0 spiro atoms. The lowest BCUT2D eigenvalue weighted by Gasteiger charge is -2.28. The summed E-state index contributed by atoms with van der Waals surface area (Å²) in [7, 11) is 0. The zero-order valence-electron chi connectivity index (χ0n) is 18.2. The van der Waals surface area contributed by atoms with Gasteiger partial charge in [-0.25, -0.2) is 9.48 Å². The van der Waals surface area contributed by atoms with Gasteiger partial charge in [0.15, 0.2) is 0 Å². The molecule has 0 saturated heterocycles. The standard InChI is InChI=1S/C25H26ClN3O4/c26-21-10-20(12-27-13-21)22-11-23(30)29(28-25(22)19-4-2-1-3-5-19)14-17-6-8-18(9-7-17)15-33-16-24(31)32/h1-5,10-13,17-18H,6-9,14-16H2,(H,31,32). The van der Waals surface area contributed by atoms with E-state index in [0.717, 1.165) is 42.5 Å². The van der Waals surface area contributed by atoms with Crippen LogP contribution in [0.1, 0.15) is 25.7 Å². The number of carboxylic acid groups (broad SMARTS) is 1. The zero-order valence-corrected chi connectivity index (χ0v) is 18.9. The summed E-state index contributed by atoms with van der Waals surface area (Å²) < 4.78 is 6.82. The highest BCUT2D eigenvalue weighted by molar-refractivity contribution is 6.30. The van der Waals surface area contributed by atoms with Crippen LogP contribution in [0.3, 0.4) is 0 Å². The number of carboxylic acids is 1. The lowest BCUT2D eigenvalue weighted by Crippen LogP contribution is -2.29. The van der Waals surface area contributed by atoms with Gasteiger partial charge in [-0.3, -0.25) is 9.78 Å². The van der Waals surface area contributed by atoms with E-state index in [9.17, 15) is 9.59 Å². The third kappa shape index (κ3) is 6.06. The van der Waals surface area contributed by atoms with Gasteiger partial charge in [0, 0.05) is 41.7 Å². The van der Waals surface area contributed by atoms with Crippen LogP contribution in [-0.2, 0) is 16.1 Å². The van der Waals surface area contributed by atoms with Crippen LogP contribution in [0.5, 0.6) is 0 Å². The first-order valence-corrected chi connectivity index (χ1v) is 11.5. The Morgan fingerprint density at radius 1 is 1.06 bits per heavy atom. The molecule has 3 aromatic rings. The van der Waals surface area contributed by atoms with Crippen LogP contribution in [0.2, 0.25) is 5.02 Å². The van der Waals surface area contributed by atoms with Crippen molar-refractivity contribution in [3.05, 3.63) is 70.2 Å². The molecule has 1 fully saturated rings. The number of nitrogens with zero attached hydrogens (tertiary/aromatic N) is 3. The average molecular weight is 468 g/mol. The Morgan fingerprint density at radius 3 is 2.48 bits per heavy atom. The smallest absolute Gasteiger partial charge is 0.329 e. The van der Waals surface area contributed by atoms with E-state index in [1.54, 1.807) is 29.2 Å². The van der Waals surface area contributed by atoms with E-state index in [1.165, 1.54) is 0 Å². The fourth-order valence-corrected chi connectivity index (χ4v) is 4.52. The molecule has 33 heavy (non-hydrogen) atoms. The van der Waals surface area contributed by atoms with Crippen LogP contribution in [0.25, 0.3) is 22.4 Å². The Labute approximate surface area is 197 Å². The van der Waals surface area contributed by atoms with Gasteiger partial charge in [-0.2, -0.15) is 5.10 Å². The minimum atomic E-state index is -0.944. The zero-order chi connectivity index (χ0) is 23.2. The Bertz CT molecular complexity index is 1160. The van der Waals surface area contributed by atoms with Crippen molar-refractivity contribution >= 4 is 17.6 Å². The molecule has 0 amide bonds. The molecular formula is C25H26ClN3O4. The monoisotopic (exact) mass is 467 g/mol. The molecule has 2 aromatic heterocycles. The van der Waals surface area contributed by atoms with Gasteiger partial charge in [0.1, 0.15) is 6.61 Å². The second-order valence-electron chi connectivity index (χ2n) is 8.48. The minimum absolute atomic E-state index is 0.156. The topological polar surface area (TPSA) is 94.3 Å². The average Bonchev–Trinajstić information content (AvgIpc) is 2.81. The van der Waals surface area contributed by atoms with Crippen LogP contribution in [0.15, 0.2) is 59.7 Å². The molecule has 8 heteroatoms. The van der Waals surface area contributed by atoms with Gasteiger partial charge in [0.2, 0.25) is 0 Å². The molecule has 1 saturated carbocycles. The summed E-state index contributed by atoms with van der Waals surface area (Å²) in [4.78, 5) is 27.8. The maximum absolute atomic E-state index is 13.0. The number of hydrogen-bond acceptors (Lipinski definition) is 5. The molecule has 0 radical (unpaired) electrons. The molecule has 0 aliphatic heterocycles. The van der Waals surface area contributed by atoms with Crippen LogP contribution < -0.4 is 5.56 Å². The second kappa shape index (κ2) is 10.7. The van der Waals surface area contributed by atoms with Crippen LogP contribution >= 0.6 is 11.6 Å². The van der Waals surface area contributed by atoms with E-state index in [2.05, 4.69) is 4.98 Å². The first-order valence-electron chi connectivity index (χ1n) is 11.1. The molecular weight excluding hydrogens is 442 g/mol. The maximum atomic E-state index is 13.0. The molecule has 0 unspecified atom stereocenters. The predicted octanol–water partition coefficient (Wildman–Crippen LogP) is 4.53. The van der Waals surface area contributed by atoms with Crippen molar-refractivity contribution in [2.45, 2.75) is 32.2 Å². The van der Waals surface area contributed by atoms with Gasteiger partial charge in [-0.15, -0.1) is 0 Å². The van der Waals surface area contributed by atoms with E-state index in [4.69, 9.17) is 26.5 Å². The molecule has 4 rings (SSSR count). The Hall–Kier alpha value is -3.03. The van der Waals surface area contributed by atoms with Gasteiger partial charge in [0.25, 0.3) is 5.56 Å². The maximum Gasteiger partial charge on any atom is 0.329 e. The third-order valence-corrected chi connectivity index (χ3v) is 6.24. The Kier molecular flexibility index (Phi) is 7.52. The number of rotatable bonds is 8. The fraction of sp³-hybridized carbons (Fsp3) is 0.360. The highest BCUT2D eigenvalue weighted by atomic mass is 35.5. The predicted molar refractivity (Wildman–Crippen MR) is 126 cm³/mol. The molecule has 172 valence electrons. The Morgan fingerprint density at radius 2 is 1.79 bits per heavy atom. The molecule has 1 N–H and O–H groups in total. The third-order valence-electron chi connectivity index (χ3n) is 6.04. The lowest BCUT2D eigenvalue weighted by molar-refractivity contribution is -0.142. The van der Waals surface area contributed by atoms with Crippen LogP contribution in [-0.4, -0.2) is 39.1 Å². The second-order valence-corrected chi connectivity index (χ2v) is 8.92. The molecule has 0 atom stereocenters. The molecule has 1 aliphatic carbocycles. The highest BCUT2D eigenvalue weighted by Crippen LogP contribution is 2.32. The summed E-state index contributed by atoms with van der Waals surface area (Å²) in [5, 5.41) is 14.0. The van der Waals surface area contributed by atoms with Gasteiger partial charge in [0.05, 0.1) is 17.3 Å². The number of benzene rings is 1. The number of halogens is 1. The number of carbonyl (C=O) groups is 1. The Balaban J connectivity index is 1.54.